The van der Waals surface area contributed by atoms with E-state index in [9.17, 15) is 4.79 Å². The van der Waals surface area contributed by atoms with Gasteiger partial charge in [0.05, 0.1) is 16.4 Å². The molecule has 4 heterocycles. The number of piperazine rings is 1. The summed E-state index contributed by atoms with van der Waals surface area (Å²) in [6.07, 6.45) is 3.78. The van der Waals surface area contributed by atoms with Crippen LogP contribution in [-0.4, -0.2) is 60.5 Å². The lowest BCUT2D eigenvalue weighted by Gasteiger charge is -2.34. The fourth-order valence-electron chi connectivity index (χ4n) is 5.42. The number of aromatic amines is 1. The third-order valence-corrected chi connectivity index (χ3v) is 7.75. The van der Waals surface area contributed by atoms with Crippen molar-refractivity contribution in [1.29, 1.82) is 0 Å². The number of hydrogen-bond donors (Lipinski definition) is 1. The molecule has 2 aliphatic heterocycles. The van der Waals surface area contributed by atoms with E-state index in [4.69, 9.17) is 11.6 Å². The number of carbonyl (C=O) groups excluding carboxylic acids is 1. The number of H-pyrrole nitrogens is 1. The molecular formula is C29H27ClFN5O. The Morgan fingerprint density at radius 2 is 1.84 bits per heavy atom. The van der Waals surface area contributed by atoms with Crippen molar-refractivity contribution in [2.45, 2.75) is 6.42 Å². The van der Waals surface area contributed by atoms with Gasteiger partial charge < -0.3 is 19.7 Å². The van der Waals surface area contributed by atoms with Crippen molar-refractivity contribution in [1.82, 2.24) is 14.9 Å². The lowest BCUT2D eigenvalue weighted by atomic mass is 9.96. The Balaban J connectivity index is 1.48. The molecule has 1 fully saturated rings. The van der Waals surface area contributed by atoms with Gasteiger partial charge >= 0.3 is 0 Å². The smallest absolute Gasteiger partial charge is 0.250 e. The van der Waals surface area contributed by atoms with Gasteiger partial charge in [0.2, 0.25) is 5.91 Å². The minimum atomic E-state index is -0.262. The Kier molecular flexibility index (Phi) is 5.97. The van der Waals surface area contributed by atoms with Crippen LogP contribution in [0.25, 0.3) is 33.4 Å². The summed E-state index contributed by atoms with van der Waals surface area (Å²) >= 11 is 6.68. The molecule has 0 radical (unpaired) electrons. The minimum absolute atomic E-state index is 0.128. The molecule has 0 unspecified atom stereocenters. The minimum Gasteiger partial charge on any atom is -0.367 e. The maximum atomic E-state index is 15.5. The van der Waals surface area contributed by atoms with E-state index >= 15 is 4.39 Å². The Hall–Kier alpha value is -3.68. The zero-order valence-electron chi connectivity index (χ0n) is 20.6. The second kappa shape index (κ2) is 9.32. The second-order valence-electron chi connectivity index (χ2n) is 9.64. The highest BCUT2D eigenvalue weighted by Gasteiger charge is 2.26. The molecule has 6 nitrogen and oxygen atoms in total. The largest absolute Gasteiger partial charge is 0.367 e. The number of fused-ring (bicyclic) bond motifs is 2. The van der Waals surface area contributed by atoms with Crippen molar-refractivity contribution in [3.63, 3.8) is 0 Å². The molecule has 2 aromatic heterocycles. The quantitative estimate of drug-likeness (QED) is 0.364. The summed E-state index contributed by atoms with van der Waals surface area (Å²) in [7, 11) is 2.08. The van der Waals surface area contributed by atoms with E-state index in [1.165, 1.54) is 6.08 Å². The van der Waals surface area contributed by atoms with Crippen molar-refractivity contribution in [2.24, 2.45) is 0 Å². The van der Waals surface area contributed by atoms with Crippen LogP contribution in [0.3, 0.4) is 0 Å². The van der Waals surface area contributed by atoms with Crippen LogP contribution in [0.15, 0.2) is 61.3 Å². The maximum absolute atomic E-state index is 15.5. The van der Waals surface area contributed by atoms with Crippen LogP contribution in [0, 0.1) is 5.82 Å². The maximum Gasteiger partial charge on any atom is 0.250 e. The average molecular weight is 516 g/mol. The van der Waals surface area contributed by atoms with Crippen LogP contribution in [0.2, 0.25) is 5.02 Å². The summed E-state index contributed by atoms with van der Waals surface area (Å²) in [4.78, 5) is 26.4. The molecule has 37 heavy (non-hydrogen) atoms. The normalized spacial score (nSPS) is 15.9. The summed E-state index contributed by atoms with van der Waals surface area (Å²) in [6, 6.07) is 13.2. The molecule has 188 valence electrons. The second-order valence-corrected chi connectivity index (χ2v) is 10.0. The van der Waals surface area contributed by atoms with Gasteiger partial charge in [-0.1, -0.05) is 36.4 Å². The van der Waals surface area contributed by atoms with Gasteiger partial charge in [0.1, 0.15) is 11.5 Å². The standard InChI is InChI=1S/C29H27ClFN5O/c1-3-25(37)36-11-9-18-4-5-19(17-24(18)36)26-27-21(30)8-10-32-29(27)33-28(26)20-6-7-23(22(31)16-20)35-14-12-34(2)13-15-35/h3-8,10,16-17H,1,9,11-15H2,2H3,(H,32,33). The summed E-state index contributed by atoms with van der Waals surface area (Å²) in [6.45, 7) is 7.65. The number of benzene rings is 2. The Bertz CT molecular complexity index is 1540. The molecular weight excluding hydrogens is 489 g/mol. The molecule has 2 aliphatic rings. The van der Waals surface area contributed by atoms with E-state index in [1.54, 1.807) is 23.2 Å². The van der Waals surface area contributed by atoms with Gasteiger partial charge in [0.15, 0.2) is 0 Å². The van der Waals surface area contributed by atoms with Crippen LogP contribution < -0.4 is 9.80 Å². The number of likely N-dealkylation sites (N-methyl/N-ethyl adjacent to an activating group) is 1. The van der Waals surface area contributed by atoms with Crippen molar-refractivity contribution < 1.29 is 9.18 Å². The molecule has 1 N–H and O–H groups in total. The third kappa shape index (κ3) is 4.08. The number of anilines is 2. The molecule has 0 spiro atoms. The van der Waals surface area contributed by atoms with Crippen LogP contribution >= 0.6 is 11.6 Å². The van der Waals surface area contributed by atoms with E-state index in [1.807, 2.05) is 30.3 Å². The van der Waals surface area contributed by atoms with Crippen LogP contribution in [0.4, 0.5) is 15.8 Å². The first-order chi connectivity index (χ1) is 17.9. The van der Waals surface area contributed by atoms with Crippen LogP contribution in [0.1, 0.15) is 5.56 Å². The molecule has 0 bridgehead atoms. The number of nitrogens with one attached hydrogen (secondary N) is 1. The molecule has 0 atom stereocenters. The van der Waals surface area contributed by atoms with Crippen LogP contribution in [0.5, 0.6) is 0 Å². The zero-order valence-corrected chi connectivity index (χ0v) is 21.4. The summed E-state index contributed by atoms with van der Waals surface area (Å²) in [5.41, 5.74) is 6.36. The lowest BCUT2D eigenvalue weighted by molar-refractivity contribution is -0.114. The highest BCUT2D eigenvalue weighted by Crippen LogP contribution is 2.43. The summed E-state index contributed by atoms with van der Waals surface area (Å²) < 4.78 is 15.5. The highest BCUT2D eigenvalue weighted by molar-refractivity contribution is 6.36. The Morgan fingerprint density at radius 1 is 1.05 bits per heavy atom. The van der Waals surface area contributed by atoms with Gasteiger partial charge in [-0.3, -0.25) is 4.79 Å². The average Bonchev–Trinajstić information content (AvgIpc) is 3.51. The van der Waals surface area contributed by atoms with E-state index in [-0.39, 0.29) is 11.7 Å². The summed E-state index contributed by atoms with van der Waals surface area (Å²) in [5.74, 6) is -0.390. The predicted octanol–water partition coefficient (Wildman–Crippen LogP) is 5.52. The number of pyridine rings is 1. The zero-order chi connectivity index (χ0) is 25.7. The number of carbonyl (C=O) groups is 1. The SMILES string of the molecule is C=CC(=O)N1CCc2ccc(-c3c(-c4ccc(N5CCN(C)CC5)c(F)c4)[nH]c4nccc(Cl)c34)cc21. The first kappa shape index (κ1) is 23.7. The first-order valence-corrected chi connectivity index (χ1v) is 12.8. The van der Waals surface area contributed by atoms with Crippen molar-refractivity contribution in [3.8, 4) is 22.4 Å². The van der Waals surface area contributed by atoms with E-state index in [0.717, 1.165) is 66.1 Å². The van der Waals surface area contributed by atoms with Gasteiger partial charge in [-0.05, 0) is 54.9 Å². The number of halogens is 2. The molecule has 0 aliphatic carbocycles. The van der Waals surface area contributed by atoms with E-state index in [0.29, 0.717) is 28.5 Å². The van der Waals surface area contributed by atoms with E-state index in [2.05, 4.69) is 33.4 Å². The molecule has 8 heteroatoms. The third-order valence-electron chi connectivity index (χ3n) is 7.43. The van der Waals surface area contributed by atoms with Gasteiger partial charge in [-0.25, -0.2) is 9.37 Å². The van der Waals surface area contributed by atoms with Gasteiger partial charge in [0, 0.05) is 61.1 Å². The number of aromatic nitrogens is 2. The fourth-order valence-corrected chi connectivity index (χ4v) is 5.66. The number of amides is 1. The number of hydrogen-bond acceptors (Lipinski definition) is 4. The number of rotatable bonds is 4. The number of nitrogens with zero attached hydrogens (tertiary/aromatic N) is 4. The van der Waals surface area contributed by atoms with Crippen molar-refractivity contribution in [3.05, 3.63) is 77.7 Å². The predicted molar refractivity (Wildman–Crippen MR) is 148 cm³/mol. The molecule has 4 aromatic rings. The van der Waals surface area contributed by atoms with Gasteiger partial charge in [-0.2, -0.15) is 0 Å². The molecule has 1 saturated heterocycles. The van der Waals surface area contributed by atoms with Gasteiger partial charge in [0.25, 0.3) is 0 Å². The molecule has 1 amide bonds. The Morgan fingerprint density at radius 3 is 2.59 bits per heavy atom. The molecule has 0 saturated carbocycles. The molecule has 2 aromatic carbocycles. The van der Waals surface area contributed by atoms with Crippen molar-refractivity contribution in [2.75, 3.05) is 49.6 Å². The van der Waals surface area contributed by atoms with Gasteiger partial charge in [-0.15, -0.1) is 0 Å². The highest BCUT2D eigenvalue weighted by atomic mass is 35.5. The first-order valence-electron chi connectivity index (χ1n) is 12.4. The van der Waals surface area contributed by atoms with Crippen molar-refractivity contribution >= 4 is 39.9 Å². The Labute approximate surface area is 220 Å². The molecule has 6 rings (SSSR count). The van der Waals surface area contributed by atoms with Crippen LogP contribution in [-0.2, 0) is 11.2 Å². The fraction of sp³-hybridized carbons (Fsp3) is 0.241. The van der Waals surface area contributed by atoms with E-state index < -0.39 is 0 Å². The topological polar surface area (TPSA) is 55.5 Å². The summed E-state index contributed by atoms with van der Waals surface area (Å²) in [5, 5.41) is 1.32. The lowest BCUT2D eigenvalue weighted by Crippen LogP contribution is -2.44. The monoisotopic (exact) mass is 515 g/mol.